The molecule has 2 heterocycles. The van der Waals surface area contributed by atoms with E-state index >= 15 is 0 Å². The van der Waals surface area contributed by atoms with Crippen LogP contribution in [0.5, 0.6) is 0 Å². The number of ether oxygens (including phenoxy) is 2. The minimum atomic E-state index is -0.323. The van der Waals surface area contributed by atoms with Crippen LogP contribution >= 0.6 is 0 Å². The van der Waals surface area contributed by atoms with Crippen molar-refractivity contribution in [2.45, 2.75) is 13.8 Å². The zero-order chi connectivity index (χ0) is 23.9. The molecule has 6 nitrogen and oxygen atoms in total. The molecule has 0 amide bonds. The van der Waals surface area contributed by atoms with Crippen molar-refractivity contribution in [3.05, 3.63) is 108 Å². The maximum absolute atomic E-state index is 12.0. The van der Waals surface area contributed by atoms with Crippen molar-refractivity contribution in [1.82, 2.24) is 0 Å². The van der Waals surface area contributed by atoms with Crippen molar-refractivity contribution in [1.29, 1.82) is 0 Å². The molecule has 0 radical (unpaired) electrons. The van der Waals surface area contributed by atoms with Gasteiger partial charge in [-0.2, -0.15) is 4.57 Å². The smallest absolute Gasteiger partial charge is 0.338 e. The van der Waals surface area contributed by atoms with Gasteiger partial charge < -0.3 is 14.4 Å². The van der Waals surface area contributed by atoms with E-state index in [1.807, 2.05) is 71.7 Å². The number of rotatable bonds is 7. The van der Waals surface area contributed by atoms with Gasteiger partial charge >= 0.3 is 11.9 Å². The van der Waals surface area contributed by atoms with Crippen LogP contribution in [0.25, 0.3) is 11.3 Å². The van der Waals surface area contributed by atoms with Gasteiger partial charge in [0.1, 0.15) is 0 Å². The maximum Gasteiger partial charge on any atom is 0.338 e. The Bertz CT molecular complexity index is 1250. The second-order valence-corrected chi connectivity index (χ2v) is 7.66. The number of hydrogen-bond acceptors (Lipinski definition) is 5. The highest BCUT2D eigenvalue weighted by atomic mass is 16.5. The first-order chi connectivity index (χ1) is 16.6. The van der Waals surface area contributed by atoms with Gasteiger partial charge in [-0.25, -0.2) is 9.59 Å². The molecule has 1 aliphatic heterocycles. The molecule has 172 valence electrons. The molecule has 0 saturated carbocycles. The Morgan fingerprint density at radius 1 is 0.882 bits per heavy atom. The van der Waals surface area contributed by atoms with Crippen LogP contribution < -0.4 is 9.47 Å². The van der Waals surface area contributed by atoms with E-state index in [9.17, 15) is 9.59 Å². The molecular weight excluding hydrogens is 428 g/mol. The van der Waals surface area contributed by atoms with Gasteiger partial charge in [0, 0.05) is 42.7 Å². The van der Waals surface area contributed by atoms with E-state index in [4.69, 9.17) is 9.47 Å². The Morgan fingerprint density at radius 3 is 2.15 bits per heavy atom. The number of benzene rings is 2. The lowest BCUT2D eigenvalue weighted by molar-refractivity contribution is -0.595. The van der Waals surface area contributed by atoms with E-state index in [1.165, 1.54) is 0 Å². The second-order valence-electron chi connectivity index (χ2n) is 7.66. The molecule has 0 N–H and O–H groups in total. The highest BCUT2D eigenvalue weighted by Crippen LogP contribution is 2.24. The highest BCUT2D eigenvalue weighted by molar-refractivity contribution is 5.91. The molecule has 1 aliphatic rings. The van der Waals surface area contributed by atoms with Crippen LogP contribution in [-0.4, -0.2) is 31.7 Å². The Kier molecular flexibility index (Phi) is 7.18. The third-order valence-corrected chi connectivity index (χ3v) is 5.45. The number of hydrogen-bond donors (Lipinski definition) is 0. The van der Waals surface area contributed by atoms with E-state index in [2.05, 4.69) is 17.1 Å². The number of pyridine rings is 1. The summed E-state index contributed by atoms with van der Waals surface area (Å²) in [6.45, 7) is 4.99. The predicted molar refractivity (Wildman–Crippen MR) is 131 cm³/mol. The van der Waals surface area contributed by atoms with E-state index in [-0.39, 0.29) is 11.9 Å². The number of aromatic nitrogens is 1. The molecule has 0 fully saturated rings. The Hall–Kier alpha value is -4.19. The van der Waals surface area contributed by atoms with Gasteiger partial charge in [-0.15, -0.1) is 0 Å². The maximum atomic E-state index is 12.0. The lowest BCUT2D eigenvalue weighted by atomic mass is 10.0. The van der Waals surface area contributed by atoms with E-state index in [0.29, 0.717) is 30.9 Å². The highest BCUT2D eigenvalue weighted by Gasteiger charge is 2.14. The molecule has 6 heteroatoms. The first kappa shape index (κ1) is 23.0. The van der Waals surface area contributed by atoms with Gasteiger partial charge in [0.05, 0.1) is 24.3 Å². The van der Waals surface area contributed by atoms with Crippen molar-refractivity contribution in [2.75, 3.05) is 24.7 Å². The fraction of sp³-hybridized carbons (Fsp3) is 0.179. The van der Waals surface area contributed by atoms with E-state index in [1.54, 1.807) is 26.0 Å². The van der Waals surface area contributed by atoms with Crippen LogP contribution in [0, 0.1) is 0 Å². The summed E-state index contributed by atoms with van der Waals surface area (Å²) in [7, 11) is 0. The Balaban J connectivity index is 1.46. The topological polar surface area (TPSA) is 59.7 Å². The monoisotopic (exact) mass is 455 g/mol. The largest absolute Gasteiger partial charge is 0.462 e. The summed E-state index contributed by atoms with van der Waals surface area (Å²) in [4.78, 5) is 26.1. The summed E-state index contributed by atoms with van der Waals surface area (Å²) in [5.74, 6) is -0.636. The van der Waals surface area contributed by atoms with Crippen LogP contribution in [-0.2, 0) is 9.47 Å². The molecule has 0 unspecified atom stereocenters. The van der Waals surface area contributed by atoms with Crippen molar-refractivity contribution in [2.24, 2.45) is 0 Å². The first-order valence-electron chi connectivity index (χ1n) is 11.3. The van der Waals surface area contributed by atoms with Gasteiger partial charge in [0.25, 0.3) is 0 Å². The average molecular weight is 456 g/mol. The van der Waals surface area contributed by atoms with Crippen molar-refractivity contribution < 1.29 is 23.6 Å². The molecule has 34 heavy (non-hydrogen) atoms. The lowest BCUT2D eigenvalue weighted by Crippen LogP contribution is -2.29. The summed E-state index contributed by atoms with van der Waals surface area (Å²) < 4.78 is 12.2. The Labute approximate surface area is 199 Å². The lowest BCUT2D eigenvalue weighted by Gasteiger charge is -2.23. The molecule has 1 aromatic heterocycles. The minimum Gasteiger partial charge on any atom is -0.462 e. The first-order valence-corrected chi connectivity index (χ1v) is 11.3. The predicted octanol–water partition coefficient (Wildman–Crippen LogP) is 4.73. The number of allylic oxidation sites excluding steroid dienone is 2. The SMILES string of the molecule is CCOC(=O)c1cccc(N2C=CC(c3cc[n+](-c4cccc(C(=O)OCC)c4)cc3)=CC2)c1. The van der Waals surface area contributed by atoms with Crippen LogP contribution in [0.1, 0.15) is 40.1 Å². The fourth-order valence-corrected chi connectivity index (χ4v) is 3.73. The molecule has 4 rings (SSSR count). The third-order valence-electron chi connectivity index (χ3n) is 5.45. The van der Waals surface area contributed by atoms with Crippen molar-refractivity contribution in [3.8, 4) is 5.69 Å². The molecule has 0 aliphatic carbocycles. The third kappa shape index (κ3) is 5.23. The number of carbonyl (C=O) groups is 2. The molecule has 0 spiro atoms. The quantitative estimate of drug-likeness (QED) is 0.381. The number of nitrogens with zero attached hydrogens (tertiary/aromatic N) is 2. The van der Waals surface area contributed by atoms with Gasteiger partial charge in [-0.3, -0.25) is 0 Å². The van der Waals surface area contributed by atoms with E-state index in [0.717, 1.165) is 22.5 Å². The average Bonchev–Trinajstić information content (AvgIpc) is 2.89. The molecule has 0 atom stereocenters. The van der Waals surface area contributed by atoms with Crippen LogP contribution in [0.4, 0.5) is 5.69 Å². The second kappa shape index (κ2) is 10.6. The number of carbonyl (C=O) groups excluding carboxylic acids is 2. The van der Waals surface area contributed by atoms with Gasteiger partial charge in [-0.1, -0.05) is 18.2 Å². The van der Waals surface area contributed by atoms with Crippen molar-refractivity contribution >= 4 is 23.2 Å². The van der Waals surface area contributed by atoms with Crippen molar-refractivity contribution in [3.63, 3.8) is 0 Å². The summed E-state index contributed by atoms with van der Waals surface area (Å²) in [5, 5.41) is 0. The molecule has 3 aromatic rings. The number of esters is 2. The van der Waals surface area contributed by atoms with Gasteiger partial charge in [0.2, 0.25) is 5.69 Å². The Morgan fingerprint density at radius 2 is 1.53 bits per heavy atom. The van der Waals surface area contributed by atoms with E-state index < -0.39 is 0 Å². The zero-order valence-electron chi connectivity index (χ0n) is 19.3. The van der Waals surface area contributed by atoms with Crippen LogP contribution in [0.15, 0.2) is 91.4 Å². The summed E-state index contributed by atoms with van der Waals surface area (Å²) in [5.41, 5.74) is 5.10. The standard InChI is InChI=1S/C28H27N2O4/c1-3-33-27(31)23-7-5-9-25(19-23)29-15-11-21(12-16-29)22-13-17-30(18-14-22)26-10-6-8-24(20-26)28(32)34-4-2/h5-17,19-20H,3-4,18H2,1-2H3/q+1. The molecule has 2 aromatic carbocycles. The molecular formula is C28H27N2O4+. The minimum absolute atomic E-state index is 0.313. The van der Waals surface area contributed by atoms with Gasteiger partial charge in [0.15, 0.2) is 12.4 Å². The zero-order valence-corrected chi connectivity index (χ0v) is 19.3. The fourth-order valence-electron chi connectivity index (χ4n) is 3.73. The van der Waals surface area contributed by atoms with Crippen LogP contribution in [0.2, 0.25) is 0 Å². The summed E-state index contributed by atoms with van der Waals surface area (Å²) >= 11 is 0. The van der Waals surface area contributed by atoms with Gasteiger partial charge in [-0.05, 0) is 55.3 Å². The normalized spacial score (nSPS) is 12.8. The number of anilines is 1. The summed E-state index contributed by atoms with van der Waals surface area (Å²) in [6, 6.07) is 18.9. The van der Waals surface area contributed by atoms with Crippen LogP contribution in [0.3, 0.4) is 0 Å². The molecule has 0 bridgehead atoms. The summed E-state index contributed by atoms with van der Waals surface area (Å²) in [6.07, 6.45) is 10.2. The molecule has 0 saturated heterocycles.